The third kappa shape index (κ3) is 4.22. The molecule has 1 aliphatic rings. The Morgan fingerprint density at radius 2 is 2.18 bits per heavy atom. The Hall–Kier alpha value is -1.56. The summed E-state index contributed by atoms with van der Waals surface area (Å²) >= 11 is 0. The summed E-state index contributed by atoms with van der Waals surface area (Å²) in [6, 6.07) is 1.89. The molecule has 2 rings (SSSR count). The van der Waals surface area contributed by atoms with Gasteiger partial charge in [-0.1, -0.05) is 19.8 Å². The van der Waals surface area contributed by atoms with Crippen LogP contribution in [-0.4, -0.2) is 45.5 Å². The van der Waals surface area contributed by atoms with Crippen molar-refractivity contribution in [1.29, 1.82) is 0 Å². The van der Waals surface area contributed by atoms with Crippen LogP contribution in [0.4, 0.5) is 10.6 Å². The molecule has 1 aromatic rings. The maximum atomic E-state index is 12.4. The Bertz CT molecular complexity index is 474. The van der Waals surface area contributed by atoms with Crippen LogP contribution in [0.2, 0.25) is 0 Å². The number of amides is 2. The zero-order chi connectivity index (χ0) is 15.9. The van der Waals surface area contributed by atoms with E-state index in [1.807, 2.05) is 13.1 Å². The highest BCUT2D eigenvalue weighted by Gasteiger charge is 2.23. The van der Waals surface area contributed by atoms with Crippen LogP contribution in [0, 0.1) is 0 Å². The highest BCUT2D eigenvalue weighted by atomic mass is 16.3. The normalized spacial score (nSPS) is 14.7. The SMILES string of the molecule is CCCCN(CCCO)C(=O)Nc1cc(C2CCC2)nn1C. The second-order valence-electron chi connectivity index (χ2n) is 6.05. The predicted molar refractivity (Wildman–Crippen MR) is 87.0 cm³/mol. The minimum absolute atomic E-state index is 0.105. The third-order valence-corrected chi connectivity index (χ3v) is 4.31. The van der Waals surface area contributed by atoms with Gasteiger partial charge in [0.25, 0.3) is 0 Å². The highest BCUT2D eigenvalue weighted by molar-refractivity contribution is 5.88. The average molecular weight is 308 g/mol. The molecule has 0 bridgehead atoms. The monoisotopic (exact) mass is 308 g/mol. The van der Waals surface area contributed by atoms with E-state index < -0.39 is 0 Å². The van der Waals surface area contributed by atoms with Crippen LogP contribution in [-0.2, 0) is 7.05 Å². The highest BCUT2D eigenvalue weighted by Crippen LogP contribution is 2.36. The summed E-state index contributed by atoms with van der Waals surface area (Å²) in [6.45, 7) is 3.51. The number of aryl methyl sites for hydroxylation is 1. The number of aliphatic hydroxyl groups is 1. The van der Waals surface area contributed by atoms with Gasteiger partial charge in [0.05, 0.1) is 5.69 Å². The van der Waals surface area contributed by atoms with E-state index in [1.54, 1.807) is 9.58 Å². The van der Waals surface area contributed by atoms with E-state index in [4.69, 9.17) is 5.11 Å². The molecule has 1 fully saturated rings. The lowest BCUT2D eigenvalue weighted by atomic mass is 9.83. The predicted octanol–water partition coefficient (Wildman–Crippen LogP) is 2.70. The molecule has 6 heteroatoms. The fourth-order valence-corrected chi connectivity index (χ4v) is 2.62. The first kappa shape index (κ1) is 16.8. The molecule has 0 unspecified atom stereocenters. The third-order valence-electron chi connectivity index (χ3n) is 4.31. The molecule has 22 heavy (non-hydrogen) atoms. The Morgan fingerprint density at radius 1 is 1.45 bits per heavy atom. The van der Waals surface area contributed by atoms with Gasteiger partial charge in [0.15, 0.2) is 0 Å². The van der Waals surface area contributed by atoms with Crippen molar-refractivity contribution in [2.45, 2.75) is 51.4 Å². The van der Waals surface area contributed by atoms with Gasteiger partial charge in [0, 0.05) is 38.7 Å². The number of hydrogen-bond donors (Lipinski definition) is 2. The van der Waals surface area contributed by atoms with Crippen molar-refractivity contribution in [3.8, 4) is 0 Å². The molecule has 2 amide bonds. The van der Waals surface area contributed by atoms with E-state index in [-0.39, 0.29) is 12.6 Å². The van der Waals surface area contributed by atoms with Crippen molar-refractivity contribution in [3.05, 3.63) is 11.8 Å². The van der Waals surface area contributed by atoms with Gasteiger partial charge in [-0.25, -0.2) is 4.79 Å². The largest absolute Gasteiger partial charge is 0.396 e. The molecule has 0 atom stereocenters. The molecule has 0 spiro atoms. The summed E-state index contributed by atoms with van der Waals surface area (Å²) in [4.78, 5) is 14.2. The lowest BCUT2D eigenvalue weighted by Gasteiger charge is -2.23. The molecule has 1 saturated carbocycles. The smallest absolute Gasteiger partial charge is 0.323 e. The number of anilines is 1. The first-order valence-corrected chi connectivity index (χ1v) is 8.36. The Morgan fingerprint density at radius 3 is 2.77 bits per heavy atom. The van der Waals surface area contributed by atoms with E-state index in [0.29, 0.717) is 18.9 Å². The van der Waals surface area contributed by atoms with Crippen molar-refractivity contribution in [2.24, 2.45) is 7.05 Å². The minimum Gasteiger partial charge on any atom is -0.396 e. The van der Waals surface area contributed by atoms with Crippen LogP contribution in [0.1, 0.15) is 57.1 Å². The lowest BCUT2D eigenvalue weighted by molar-refractivity contribution is 0.201. The molecule has 1 heterocycles. The second-order valence-corrected chi connectivity index (χ2v) is 6.05. The Balaban J connectivity index is 1.96. The quantitative estimate of drug-likeness (QED) is 0.775. The van der Waals surface area contributed by atoms with E-state index in [1.165, 1.54) is 19.3 Å². The topological polar surface area (TPSA) is 70.4 Å². The molecular formula is C16H28N4O2. The molecule has 0 radical (unpaired) electrons. The number of hydrogen-bond acceptors (Lipinski definition) is 3. The van der Waals surface area contributed by atoms with Crippen molar-refractivity contribution in [1.82, 2.24) is 14.7 Å². The number of carbonyl (C=O) groups excluding carboxylic acids is 1. The second kappa shape index (κ2) is 8.17. The van der Waals surface area contributed by atoms with Crippen LogP contribution in [0.25, 0.3) is 0 Å². The summed E-state index contributed by atoms with van der Waals surface area (Å²) in [7, 11) is 1.86. The van der Waals surface area contributed by atoms with Crippen molar-refractivity contribution >= 4 is 11.8 Å². The number of urea groups is 1. The number of aromatic nitrogens is 2. The first-order valence-electron chi connectivity index (χ1n) is 8.36. The van der Waals surface area contributed by atoms with E-state index in [9.17, 15) is 4.79 Å². The summed E-state index contributed by atoms with van der Waals surface area (Å²) in [5, 5.41) is 16.5. The summed E-state index contributed by atoms with van der Waals surface area (Å²) in [5.41, 5.74) is 1.08. The lowest BCUT2D eigenvalue weighted by Crippen LogP contribution is -2.37. The summed E-state index contributed by atoms with van der Waals surface area (Å²) < 4.78 is 1.75. The van der Waals surface area contributed by atoms with Gasteiger partial charge in [-0.15, -0.1) is 0 Å². The van der Waals surface area contributed by atoms with Gasteiger partial charge in [-0.05, 0) is 25.7 Å². The summed E-state index contributed by atoms with van der Waals surface area (Å²) in [6.07, 6.45) is 6.29. The zero-order valence-corrected chi connectivity index (χ0v) is 13.7. The number of aliphatic hydroxyl groups excluding tert-OH is 1. The van der Waals surface area contributed by atoms with E-state index in [0.717, 1.165) is 30.9 Å². The molecule has 1 aliphatic carbocycles. The van der Waals surface area contributed by atoms with Crippen LogP contribution in [0.3, 0.4) is 0 Å². The molecule has 0 saturated heterocycles. The number of nitrogens with one attached hydrogen (secondary N) is 1. The van der Waals surface area contributed by atoms with Crippen LogP contribution >= 0.6 is 0 Å². The van der Waals surface area contributed by atoms with Gasteiger partial charge >= 0.3 is 6.03 Å². The molecule has 6 nitrogen and oxygen atoms in total. The molecule has 1 aromatic heterocycles. The maximum absolute atomic E-state index is 12.4. The molecule has 0 aliphatic heterocycles. The van der Waals surface area contributed by atoms with Gasteiger partial charge in [0.1, 0.15) is 5.82 Å². The van der Waals surface area contributed by atoms with Gasteiger partial charge < -0.3 is 10.0 Å². The van der Waals surface area contributed by atoms with Gasteiger partial charge in [0.2, 0.25) is 0 Å². The van der Waals surface area contributed by atoms with Crippen molar-refractivity contribution in [2.75, 3.05) is 25.0 Å². The van der Waals surface area contributed by atoms with Crippen LogP contribution < -0.4 is 5.32 Å². The average Bonchev–Trinajstić information content (AvgIpc) is 2.77. The van der Waals surface area contributed by atoms with E-state index in [2.05, 4.69) is 17.3 Å². The van der Waals surface area contributed by atoms with Crippen LogP contribution in [0.15, 0.2) is 6.07 Å². The van der Waals surface area contributed by atoms with Crippen LogP contribution in [0.5, 0.6) is 0 Å². The van der Waals surface area contributed by atoms with Crippen molar-refractivity contribution < 1.29 is 9.90 Å². The Kier molecular flexibility index (Phi) is 6.24. The van der Waals surface area contributed by atoms with Gasteiger partial charge in [-0.3, -0.25) is 10.00 Å². The standard InChI is InChI=1S/C16H28N4O2/c1-3-4-9-20(10-6-11-21)16(22)17-15-12-14(18-19(15)2)13-7-5-8-13/h12-13,21H,3-11H2,1-2H3,(H,17,22). The molecule has 0 aromatic carbocycles. The zero-order valence-electron chi connectivity index (χ0n) is 13.7. The van der Waals surface area contributed by atoms with Crippen molar-refractivity contribution in [3.63, 3.8) is 0 Å². The number of rotatable bonds is 8. The van der Waals surface area contributed by atoms with E-state index >= 15 is 0 Å². The first-order chi connectivity index (χ1) is 10.7. The Labute approximate surface area is 132 Å². The summed E-state index contributed by atoms with van der Waals surface area (Å²) in [5.74, 6) is 1.31. The fourth-order valence-electron chi connectivity index (χ4n) is 2.62. The number of carbonyl (C=O) groups is 1. The minimum atomic E-state index is -0.106. The van der Waals surface area contributed by atoms with Gasteiger partial charge in [-0.2, -0.15) is 5.10 Å². The maximum Gasteiger partial charge on any atom is 0.323 e. The number of unbranched alkanes of at least 4 members (excludes halogenated alkanes) is 1. The fraction of sp³-hybridized carbons (Fsp3) is 0.750. The number of nitrogens with zero attached hydrogens (tertiary/aromatic N) is 3. The molecular weight excluding hydrogens is 280 g/mol. The molecule has 2 N–H and O–H groups in total. The molecule has 124 valence electrons.